The summed E-state index contributed by atoms with van der Waals surface area (Å²) in [7, 11) is 5.96. The maximum absolute atomic E-state index is 13.8. The van der Waals surface area contributed by atoms with Gasteiger partial charge in [-0.05, 0) is 54.1 Å². The van der Waals surface area contributed by atoms with Crippen LogP contribution in [0.4, 0.5) is 5.69 Å². The van der Waals surface area contributed by atoms with Gasteiger partial charge in [0.1, 0.15) is 11.3 Å². The summed E-state index contributed by atoms with van der Waals surface area (Å²) in [6.07, 6.45) is 0. The molecule has 1 aliphatic rings. The van der Waals surface area contributed by atoms with Gasteiger partial charge < -0.3 is 23.4 Å². The summed E-state index contributed by atoms with van der Waals surface area (Å²) in [5.41, 5.74) is 0.985. The second-order valence-corrected chi connectivity index (χ2v) is 9.01. The highest BCUT2D eigenvalue weighted by atomic mass is 35.5. The molecule has 0 saturated heterocycles. The van der Waals surface area contributed by atoms with Gasteiger partial charge in [0, 0.05) is 10.7 Å². The Balaban J connectivity index is 1.83. The standard InChI is InChI=1S/C27H21Cl2NO7/c1-33-19-8-6-15(12-17(19)29)30-23(13-9-20(34-2)25(36-4)21(10-13)35-3)22-24(31)16-11-14(28)5-7-18(16)37-26(22)27(30)32/h5-12,23H,1-4H3. The van der Waals surface area contributed by atoms with Gasteiger partial charge in [0.15, 0.2) is 16.9 Å². The van der Waals surface area contributed by atoms with Gasteiger partial charge in [0.2, 0.25) is 11.5 Å². The molecule has 37 heavy (non-hydrogen) atoms. The van der Waals surface area contributed by atoms with Crippen molar-refractivity contribution < 1.29 is 28.2 Å². The highest BCUT2D eigenvalue weighted by Gasteiger charge is 2.44. The van der Waals surface area contributed by atoms with Crippen LogP contribution in [0.5, 0.6) is 23.0 Å². The van der Waals surface area contributed by atoms with E-state index in [0.717, 1.165) is 0 Å². The summed E-state index contributed by atoms with van der Waals surface area (Å²) < 4.78 is 27.8. The molecule has 0 spiro atoms. The summed E-state index contributed by atoms with van der Waals surface area (Å²) >= 11 is 12.6. The number of nitrogens with zero attached hydrogens (tertiary/aromatic N) is 1. The molecule has 3 aromatic carbocycles. The summed E-state index contributed by atoms with van der Waals surface area (Å²) in [5.74, 6) is 0.940. The third-order valence-corrected chi connectivity index (χ3v) is 6.78. The quantitative estimate of drug-likeness (QED) is 0.301. The molecule has 1 amide bonds. The van der Waals surface area contributed by atoms with Gasteiger partial charge >= 0.3 is 0 Å². The van der Waals surface area contributed by atoms with Crippen molar-refractivity contribution in [1.29, 1.82) is 0 Å². The summed E-state index contributed by atoms with van der Waals surface area (Å²) in [4.78, 5) is 29.1. The maximum atomic E-state index is 13.8. The Morgan fingerprint density at radius 3 is 2.08 bits per heavy atom. The van der Waals surface area contributed by atoms with Crippen molar-refractivity contribution in [2.75, 3.05) is 33.3 Å². The molecule has 1 aliphatic heterocycles. The lowest BCUT2D eigenvalue weighted by Gasteiger charge is -2.26. The third-order valence-electron chi connectivity index (χ3n) is 6.25. The fourth-order valence-corrected chi connectivity index (χ4v) is 5.02. The molecule has 1 aromatic heterocycles. The van der Waals surface area contributed by atoms with Crippen LogP contribution in [0.15, 0.2) is 57.7 Å². The number of amides is 1. The van der Waals surface area contributed by atoms with Crippen molar-refractivity contribution in [3.8, 4) is 23.0 Å². The zero-order valence-electron chi connectivity index (χ0n) is 20.3. The second kappa shape index (κ2) is 9.53. The molecule has 10 heteroatoms. The van der Waals surface area contributed by atoms with E-state index in [4.69, 9.17) is 46.6 Å². The zero-order chi connectivity index (χ0) is 26.4. The Hall–Kier alpha value is -3.88. The first kappa shape index (κ1) is 24.8. The average molecular weight is 542 g/mol. The first-order valence-electron chi connectivity index (χ1n) is 11.1. The predicted octanol–water partition coefficient (Wildman–Crippen LogP) is 5.88. The highest BCUT2D eigenvalue weighted by molar-refractivity contribution is 6.32. The minimum Gasteiger partial charge on any atom is -0.495 e. The summed E-state index contributed by atoms with van der Waals surface area (Å²) in [5, 5.41) is 0.918. The molecular weight excluding hydrogens is 521 g/mol. The van der Waals surface area contributed by atoms with Gasteiger partial charge in [0.05, 0.1) is 50.5 Å². The van der Waals surface area contributed by atoms with E-state index in [1.54, 1.807) is 42.5 Å². The van der Waals surface area contributed by atoms with Crippen LogP contribution in [0.2, 0.25) is 10.0 Å². The number of carbonyl (C=O) groups excluding carboxylic acids is 1. The fraction of sp³-hybridized carbons (Fsp3) is 0.185. The molecule has 190 valence electrons. The Morgan fingerprint density at radius 1 is 0.811 bits per heavy atom. The molecule has 1 atom stereocenters. The van der Waals surface area contributed by atoms with Crippen LogP contribution >= 0.6 is 23.2 Å². The SMILES string of the molecule is COc1ccc(N2C(=O)c3oc4ccc(Cl)cc4c(=O)c3C2c2cc(OC)c(OC)c(OC)c2)cc1Cl. The number of fused-ring (bicyclic) bond motifs is 2. The number of rotatable bonds is 6. The molecular formula is C27H21Cl2NO7. The van der Waals surface area contributed by atoms with E-state index in [1.165, 1.54) is 39.4 Å². The number of carbonyl (C=O) groups is 1. The van der Waals surface area contributed by atoms with Crippen LogP contribution in [0, 0.1) is 0 Å². The number of methoxy groups -OCH3 is 4. The van der Waals surface area contributed by atoms with E-state index < -0.39 is 11.9 Å². The van der Waals surface area contributed by atoms with E-state index in [0.29, 0.717) is 44.3 Å². The topological polar surface area (TPSA) is 87.4 Å². The zero-order valence-corrected chi connectivity index (χ0v) is 21.8. The smallest absolute Gasteiger partial charge is 0.295 e. The van der Waals surface area contributed by atoms with Gasteiger partial charge in [-0.1, -0.05) is 23.2 Å². The van der Waals surface area contributed by atoms with Crippen LogP contribution in [0.25, 0.3) is 11.0 Å². The second-order valence-electron chi connectivity index (χ2n) is 8.17. The Bertz CT molecular complexity index is 1590. The molecule has 0 radical (unpaired) electrons. The highest BCUT2D eigenvalue weighted by Crippen LogP contribution is 2.47. The van der Waals surface area contributed by atoms with Gasteiger partial charge in [0.25, 0.3) is 5.91 Å². The molecule has 5 rings (SSSR count). The molecule has 0 N–H and O–H groups in total. The Morgan fingerprint density at radius 2 is 1.49 bits per heavy atom. The molecule has 2 heterocycles. The fourth-order valence-electron chi connectivity index (χ4n) is 4.59. The van der Waals surface area contributed by atoms with Gasteiger partial charge in [-0.2, -0.15) is 0 Å². The molecule has 0 bridgehead atoms. The van der Waals surface area contributed by atoms with Crippen LogP contribution < -0.4 is 29.3 Å². The number of halogens is 2. The van der Waals surface area contributed by atoms with Gasteiger partial charge in [-0.3, -0.25) is 14.5 Å². The molecule has 8 nitrogen and oxygen atoms in total. The monoisotopic (exact) mass is 541 g/mol. The lowest BCUT2D eigenvalue weighted by atomic mass is 9.97. The van der Waals surface area contributed by atoms with Crippen molar-refractivity contribution in [3.05, 3.63) is 85.7 Å². The number of benzene rings is 3. The van der Waals surface area contributed by atoms with E-state index >= 15 is 0 Å². The van der Waals surface area contributed by atoms with E-state index in [9.17, 15) is 9.59 Å². The van der Waals surface area contributed by atoms with Crippen molar-refractivity contribution >= 4 is 45.8 Å². The molecule has 0 saturated carbocycles. The van der Waals surface area contributed by atoms with Crippen molar-refractivity contribution in [2.24, 2.45) is 0 Å². The maximum Gasteiger partial charge on any atom is 0.295 e. The van der Waals surface area contributed by atoms with Crippen molar-refractivity contribution in [3.63, 3.8) is 0 Å². The Kier molecular flexibility index (Phi) is 6.39. The van der Waals surface area contributed by atoms with Crippen molar-refractivity contribution in [2.45, 2.75) is 6.04 Å². The van der Waals surface area contributed by atoms with Crippen LogP contribution in [-0.4, -0.2) is 34.3 Å². The van der Waals surface area contributed by atoms with Crippen LogP contribution in [0.1, 0.15) is 27.7 Å². The van der Waals surface area contributed by atoms with E-state index in [2.05, 4.69) is 0 Å². The predicted molar refractivity (Wildman–Crippen MR) is 140 cm³/mol. The molecule has 4 aromatic rings. The normalized spacial score (nSPS) is 14.6. The number of ether oxygens (including phenoxy) is 4. The van der Waals surface area contributed by atoms with Crippen molar-refractivity contribution in [1.82, 2.24) is 0 Å². The molecule has 0 aliphatic carbocycles. The third kappa shape index (κ3) is 3.93. The first-order valence-corrected chi connectivity index (χ1v) is 11.8. The number of hydrogen-bond acceptors (Lipinski definition) is 7. The van der Waals surface area contributed by atoms with Gasteiger partial charge in [-0.25, -0.2) is 0 Å². The largest absolute Gasteiger partial charge is 0.495 e. The number of anilines is 1. The van der Waals surface area contributed by atoms with E-state index in [1.807, 2.05) is 0 Å². The minimum absolute atomic E-state index is 0.0782. The molecule has 1 unspecified atom stereocenters. The summed E-state index contributed by atoms with van der Waals surface area (Å²) in [6, 6.07) is 12.1. The lowest BCUT2D eigenvalue weighted by Crippen LogP contribution is -2.29. The van der Waals surface area contributed by atoms with Gasteiger partial charge in [-0.15, -0.1) is 0 Å². The van der Waals surface area contributed by atoms with Crippen LogP contribution in [-0.2, 0) is 0 Å². The molecule has 0 fully saturated rings. The number of hydrogen-bond donors (Lipinski definition) is 0. The summed E-state index contributed by atoms with van der Waals surface area (Å²) in [6.45, 7) is 0. The average Bonchev–Trinajstić information content (AvgIpc) is 3.20. The van der Waals surface area contributed by atoms with E-state index in [-0.39, 0.29) is 27.7 Å². The Labute approximate surface area is 221 Å². The minimum atomic E-state index is -0.903. The lowest BCUT2D eigenvalue weighted by molar-refractivity contribution is 0.0971. The first-order chi connectivity index (χ1) is 17.8. The van der Waals surface area contributed by atoms with Crippen LogP contribution in [0.3, 0.4) is 0 Å².